The average molecular weight is 351 g/mol. The number of carbonyl (C=O) groups is 2. The molecular weight excluding hydrogens is 334 g/mol. The van der Waals surface area contributed by atoms with Crippen molar-refractivity contribution in [1.82, 2.24) is 10.3 Å². The molecule has 1 saturated heterocycles. The Hall–Kier alpha value is -2.73. The van der Waals surface area contributed by atoms with Gasteiger partial charge in [-0.2, -0.15) is 0 Å². The highest BCUT2D eigenvalue weighted by Gasteiger charge is 2.21. The molecule has 1 aliphatic heterocycles. The van der Waals surface area contributed by atoms with Crippen LogP contribution >= 0.6 is 11.3 Å². The van der Waals surface area contributed by atoms with E-state index in [9.17, 15) is 9.59 Å². The minimum absolute atomic E-state index is 0.103. The largest absolute Gasteiger partial charge is 0.348 e. The van der Waals surface area contributed by atoms with Crippen LogP contribution in [0.1, 0.15) is 28.8 Å². The second-order valence-electron chi connectivity index (χ2n) is 6.03. The lowest BCUT2D eigenvalue weighted by atomic mass is 10.1. The van der Waals surface area contributed by atoms with Crippen molar-refractivity contribution in [2.24, 2.45) is 0 Å². The van der Waals surface area contributed by atoms with Gasteiger partial charge in [-0.15, -0.1) is 11.3 Å². The third-order valence-corrected chi connectivity index (χ3v) is 5.16. The average Bonchev–Trinajstić information content (AvgIpc) is 3.28. The number of hydrogen-bond acceptors (Lipinski definition) is 4. The molecule has 1 aromatic heterocycles. The SMILES string of the molecule is O=C(NCc1ccc(N2CCCC2=O)cc1)c1ccc2ncsc2c1. The van der Waals surface area contributed by atoms with Crippen molar-refractivity contribution >= 4 is 39.1 Å². The lowest BCUT2D eigenvalue weighted by molar-refractivity contribution is -0.117. The van der Waals surface area contributed by atoms with Crippen LogP contribution in [0.3, 0.4) is 0 Å². The molecule has 1 fully saturated rings. The maximum atomic E-state index is 12.3. The predicted molar refractivity (Wildman–Crippen MR) is 98.8 cm³/mol. The van der Waals surface area contributed by atoms with Gasteiger partial charge in [0.25, 0.3) is 5.91 Å². The summed E-state index contributed by atoms with van der Waals surface area (Å²) in [6, 6.07) is 13.3. The van der Waals surface area contributed by atoms with Crippen LogP contribution in [0, 0.1) is 0 Å². The van der Waals surface area contributed by atoms with E-state index in [1.165, 1.54) is 11.3 Å². The van der Waals surface area contributed by atoms with Crippen LogP contribution in [0.15, 0.2) is 48.0 Å². The van der Waals surface area contributed by atoms with E-state index in [-0.39, 0.29) is 11.8 Å². The number of nitrogens with one attached hydrogen (secondary N) is 1. The number of aromatic nitrogens is 1. The highest BCUT2D eigenvalue weighted by molar-refractivity contribution is 7.16. The van der Waals surface area contributed by atoms with Gasteiger partial charge in [-0.1, -0.05) is 12.1 Å². The first kappa shape index (κ1) is 15.8. The minimum atomic E-state index is -0.103. The number of rotatable bonds is 4. The molecule has 5 nitrogen and oxygen atoms in total. The van der Waals surface area contributed by atoms with Crippen molar-refractivity contribution in [3.63, 3.8) is 0 Å². The molecule has 25 heavy (non-hydrogen) atoms. The molecule has 0 atom stereocenters. The minimum Gasteiger partial charge on any atom is -0.348 e. The summed E-state index contributed by atoms with van der Waals surface area (Å²) in [5, 5.41) is 2.93. The van der Waals surface area contributed by atoms with E-state index in [0.717, 1.165) is 34.4 Å². The number of hydrogen-bond donors (Lipinski definition) is 1. The van der Waals surface area contributed by atoms with Gasteiger partial charge in [0.2, 0.25) is 5.91 Å². The molecule has 6 heteroatoms. The molecule has 0 radical (unpaired) electrons. The fraction of sp³-hybridized carbons (Fsp3) is 0.211. The molecule has 1 N–H and O–H groups in total. The second kappa shape index (κ2) is 6.64. The standard InChI is InChI=1S/C19H17N3O2S/c23-18-2-1-9-22(18)15-6-3-13(4-7-15)11-20-19(24)14-5-8-16-17(10-14)25-12-21-16/h3-8,10,12H,1-2,9,11H2,(H,20,24). The van der Waals surface area contributed by atoms with E-state index in [4.69, 9.17) is 0 Å². The Labute approximate surface area is 149 Å². The number of nitrogens with zero attached hydrogens (tertiary/aromatic N) is 2. The molecule has 0 aliphatic carbocycles. The van der Waals surface area contributed by atoms with E-state index in [1.807, 2.05) is 41.3 Å². The molecule has 3 aromatic rings. The quantitative estimate of drug-likeness (QED) is 0.784. The molecule has 4 rings (SSSR count). The van der Waals surface area contributed by atoms with Crippen molar-refractivity contribution in [1.29, 1.82) is 0 Å². The summed E-state index contributed by atoms with van der Waals surface area (Å²) in [5.41, 5.74) is 5.25. The van der Waals surface area contributed by atoms with Gasteiger partial charge in [0, 0.05) is 30.8 Å². The lowest BCUT2D eigenvalue weighted by Gasteiger charge is -2.16. The fourth-order valence-corrected chi connectivity index (χ4v) is 3.71. The summed E-state index contributed by atoms with van der Waals surface area (Å²) >= 11 is 1.52. The number of carbonyl (C=O) groups excluding carboxylic acids is 2. The zero-order chi connectivity index (χ0) is 17.2. The van der Waals surface area contributed by atoms with Crippen LogP contribution in [0.2, 0.25) is 0 Å². The Kier molecular flexibility index (Phi) is 4.19. The van der Waals surface area contributed by atoms with Crippen LogP contribution in [0.4, 0.5) is 5.69 Å². The Bertz CT molecular complexity index is 933. The van der Waals surface area contributed by atoms with Crippen LogP contribution in [0.5, 0.6) is 0 Å². The molecular formula is C19H17N3O2S. The van der Waals surface area contributed by atoms with Crippen LogP contribution in [0.25, 0.3) is 10.2 Å². The normalized spacial score (nSPS) is 14.2. The first-order valence-corrected chi connectivity index (χ1v) is 9.09. The van der Waals surface area contributed by atoms with Crippen molar-refractivity contribution in [3.8, 4) is 0 Å². The number of thiazole rings is 1. The van der Waals surface area contributed by atoms with Gasteiger partial charge in [-0.05, 0) is 42.3 Å². The monoisotopic (exact) mass is 351 g/mol. The van der Waals surface area contributed by atoms with Gasteiger partial charge < -0.3 is 10.2 Å². The number of anilines is 1. The van der Waals surface area contributed by atoms with E-state index in [0.29, 0.717) is 18.5 Å². The predicted octanol–water partition coefficient (Wildman–Crippen LogP) is 3.35. The van der Waals surface area contributed by atoms with E-state index in [1.54, 1.807) is 11.6 Å². The fourth-order valence-electron chi connectivity index (χ4n) is 3.00. The van der Waals surface area contributed by atoms with Gasteiger partial charge in [0.1, 0.15) is 0 Å². The molecule has 0 saturated carbocycles. The Morgan fingerprint density at radius 1 is 1.20 bits per heavy atom. The van der Waals surface area contributed by atoms with Gasteiger partial charge in [-0.3, -0.25) is 9.59 Å². The zero-order valence-corrected chi connectivity index (χ0v) is 14.4. The topological polar surface area (TPSA) is 62.3 Å². The van der Waals surface area contributed by atoms with Crippen molar-refractivity contribution in [2.45, 2.75) is 19.4 Å². The van der Waals surface area contributed by atoms with Crippen molar-refractivity contribution in [2.75, 3.05) is 11.4 Å². The first-order valence-electron chi connectivity index (χ1n) is 8.21. The van der Waals surface area contributed by atoms with Crippen LogP contribution in [-0.4, -0.2) is 23.3 Å². The Morgan fingerprint density at radius 2 is 2.04 bits per heavy atom. The highest BCUT2D eigenvalue weighted by atomic mass is 32.1. The Balaban J connectivity index is 1.40. The molecule has 0 unspecified atom stereocenters. The first-order chi connectivity index (χ1) is 12.2. The second-order valence-corrected chi connectivity index (χ2v) is 6.92. The third kappa shape index (κ3) is 3.25. The molecule has 2 heterocycles. The van der Waals surface area contributed by atoms with Crippen LogP contribution in [-0.2, 0) is 11.3 Å². The number of fused-ring (bicyclic) bond motifs is 1. The van der Waals surface area contributed by atoms with Gasteiger partial charge in [0.15, 0.2) is 0 Å². The summed E-state index contributed by atoms with van der Waals surface area (Å²) in [6.07, 6.45) is 1.54. The van der Waals surface area contributed by atoms with Crippen LogP contribution < -0.4 is 10.2 Å². The number of amides is 2. The maximum Gasteiger partial charge on any atom is 0.251 e. The maximum absolute atomic E-state index is 12.3. The molecule has 0 spiro atoms. The van der Waals surface area contributed by atoms with Gasteiger partial charge >= 0.3 is 0 Å². The summed E-state index contributed by atoms with van der Waals surface area (Å²) < 4.78 is 1.01. The summed E-state index contributed by atoms with van der Waals surface area (Å²) in [5.74, 6) is 0.0774. The van der Waals surface area contributed by atoms with Crippen molar-refractivity contribution in [3.05, 3.63) is 59.1 Å². The van der Waals surface area contributed by atoms with Crippen molar-refractivity contribution < 1.29 is 9.59 Å². The molecule has 0 bridgehead atoms. The third-order valence-electron chi connectivity index (χ3n) is 4.37. The van der Waals surface area contributed by atoms with E-state index < -0.39 is 0 Å². The summed E-state index contributed by atoms with van der Waals surface area (Å²) in [4.78, 5) is 30.1. The van der Waals surface area contributed by atoms with E-state index in [2.05, 4.69) is 10.3 Å². The molecule has 126 valence electrons. The summed E-state index contributed by atoms with van der Waals surface area (Å²) in [7, 11) is 0. The number of benzene rings is 2. The summed E-state index contributed by atoms with van der Waals surface area (Å²) in [6.45, 7) is 1.24. The molecule has 1 aliphatic rings. The Morgan fingerprint density at radius 3 is 2.80 bits per heavy atom. The van der Waals surface area contributed by atoms with E-state index >= 15 is 0 Å². The lowest BCUT2D eigenvalue weighted by Crippen LogP contribution is -2.24. The van der Waals surface area contributed by atoms with Gasteiger partial charge in [0.05, 0.1) is 15.7 Å². The smallest absolute Gasteiger partial charge is 0.251 e. The van der Waals surface area contributed by atoms with Gasteiger partial charge in [-0.25, -0.2) is 4.98 Å². The molecule has 2 aromatic carbocycles. The molecule has 2 amide bonds. The zero-order valence-electron chi connectivity index (χ0n) is 13.6. The highest BCUT2D eigenvalue weighted by Crippen LogP contribution is 2.22.